The van der Waals surface area contributed by atoms with E-state index in [9.17, 15) is 4.79 Å². The van der Waals surface area contributed by atoms with Crippen molar-refractivity contribution in [2.75, 3.05) is 11.9 Å². The third kappa shape index (κ3) is 3.45. The molecule has 1 amide bonds. The molecule has 4 rings (SSSR count). The Morgan fingerprint density at radius 2 is 2.31 bits per heavy atom. The van der Waals surface area contributed by atoms with Crippen LogP contribution >= 0.6 is 11.3 Å². The number of nitrogens with zero attached hydrogens (tertiary/aromatic N) is 3. The van der Waals surface area contributed by atoms with E-state index in [1.807, 2.05) is 25.1 Å². The summed E-state index contributed by atoms with van der Waals surface area (Å²) in [5, 5.41) is 7.14. The molecule has 1 saturated heterocycles. The monoisotopic (exact) mass is 370 g/mol. The van der Waals surface area contributed by atoms with Crippen LogP contribution in [-0.2, 0) is 13.1 Å². The van der Waals surface area contributed by atoms with Crippen LogP contribution in [-0.4, -0.2) is 27.1 Å². The first-order valence-electron chi connectivity index (χ1n) is 8.92. The van der Waals surface area contributed by atoms with Crippen molar-refractivity contribution >= 4 is 23.1 Å². The molecule has 1 aliphatic heterocycles. The number of thiophene rings is 1. The maximum Gasteiger partial charge on any atom is 0.266 e. The van der Waals surface area contributed by atoms with Gasteiger partial charge in [0.15, 0.2) is 0 Å². The molecule has 1 N–H and O–H groups in total. The highest BCUT2D eigenvalue weighted by molar-refractivity contribution is 7.14. The Morgan fingerprint density at radius 3 is 3.12 bits per heavy atom. The number of furan rings is 1. The summed E-state index contributed by atoms with van der Waals surface area (Å²) >= 11 is 1.58. The Balaban J connectivity index is 1.46. The Morgan fingerprint density at radius 1 is 1.38 bits per heavy atom. The average Bonchev–Trinajstić information content (AvgIpc) is 3.42. The van der Waals surface area contributed by atoms with Gasteiger partial charge in [-0.15, -0.1) is 11.3 Å². The molecule has 0 aliphatic carbocycles. The largest absolute Gasteiger partial charge is 0.472 e. The number of aryl methyl sites for hydroxylation is 1. The number of carbonyl (C=O) groups excluding carboxylic acids is 1. The number of amides is 1. The third-order valence-corrected chi connectivity index (χ3v) is 5.95. The molecule has 7 heteroatoms. The van der Waals surface area contributed by atoms with Gasteiger partial charge in [-0.25, -0.2) is 4.68 Å². The van der Waals surface area contributed by atoms with Gasteiger partial charge in [0.1, 0.15) is 5.82 Å². The number of aromatic nitrogens is 2. The summed E-state index contributed by atoms with van der Waals surface area (Å²) in [5.41, 5.74) is 1.19. The van der Waals surface area contributed by atoms with Crippen molar-refractivity contribution in [3.05, 3.63) is 58.3 Å². The topological polar surface area (TPSA) is 63.3 Å². The minimum Gasteiger partial charge on any atom is -0.472 e. The van der Waals surface area contributed by atoms with E-state index in [0.29, 0.717) is 6.04 Å². The van der Waals surface area contributed by atoms with Crippen molar-refractivity contribution in [1.82, 2.24) is 14.7 Å². The average molecular weight is 370 g/mol. The van der Waals surface area contributed by atoms with Crippen LogP contribution in [0.2, 0.25) is 0 Å². The minimum absolute atomic E-state index is 0.0733. The lowest BCUT2D eigenvalue weighted by Crippen LogP contribution is -2.21. The normalized spacial score (nSPS) is 17.7. The van der Waals surface area contributed by atoms with E-state index in [4.69, 9.17) is 4.42 Å². The van der Waals surface area contributed by atoms with Crippen molar-refractivity contribution in [3.8, 4) is 0 Å². The molecule has 1 atom stereocenters. The van der Waals surface area contributed by atoms with Crippen LogP contribution in [0.1, 0.15) is 45.9 Å². The smallest absolute Gasteiger partial charge is 0.266 e. The lowest BCUT2D eigenvalue weighted by atomic mass is 10.2. The van der Waals surface area contributed by atoms with Crippen molar-refractivity contribution in [2.24, 2.45) is 0 Å². The molecule has 3 aromatic rings. The molecule has 0 radical (unpaired) electrons. The van der Waals surface area contributed by atoms with Crippen LogP contribution in [0.5, 0.6) is 0 Å². The Kier molecular flexibility index (Phi) is 4.90. The summed E-state index contributed by atoms with van der Waals surface area (Å²) < 4.78 is 6.96. The molecule has 0 bridgehead atoms. The molecule has 3 aromatic heterocycles. The molecule has 0 aromatic carbocycles. The van der Waals surface area contributed by atoms with E-state index in [-0.39, 0.29) is 5.91 Å². The van der Waals surface area contributed by atoms with Crippen LogP contribution in [0, 0.1) is 0 Å². The highest BCUT2D eigenvalue weighted by atomic mass is 32.1. The van der Waals surface area contributed by atoms with Crippen molar-refractivity contribution < 1.29 is 9.21 Å². The maximum atomic E-state index is 12.6. The number of hydrogen-bond donors (Lipinski definition) is 1. The Hall–Kier alpha value is -2.38. The third-order valence-electron chi connectivity index (χ3n) is 4.77. The molecule has 4 heterocycles. The number of likely N-dealkylation sites (tertiary alicyclic amines) is 1. The highest BCUT2D eigenvalue weighted by Gasteiger charge is 2.28. The van der Waals surface area contributed by atoms with Crippen molar-refractivity contribution in [2.45, 2.75) is 38.9 Å². The Labute approximate surface area is 156 Å². The lowest BCUT2D eigenvalue weighted by molar-refractivity contribution is 0.102. The first-order valence-corrected chi connectivity index (χ1v) is 9.74. The second-order valence-corrected chi connectivity index (χ2v) is 7.56. The number of rotatable bonds is 6. The second kappa shape index (κ2) is 7.47. The lowest BCUT2D eigenvalue weighted by Gasteiger charge is -2.22. The summed E-state index contributed by atoms with van der Waals surface area (Å²) in [6.45, 7) is 4.69. The van der Waals surface area contributed by atoms with Gasteiger partial charge >= 0.3 is 0 Å². The zero-order chi connectivity index (χ0) is 17.9. The fourth-order valence-electron chi connectivity index (χ4n) is 3.48. The summed E-state index contributed by atoms with van der Waals surface area (Å²) in [7, 11) is 0. The predicted octanol–water partition coefficient (Wildman–Crippen LogP) is 4.15. The predicted molar refractivity (Wildman–Crippen MR) is 101 cm³/mol. The number of anilines is 1. The fraction of sp³-hybridized carbons (Fsp3) is 0.368. The quantitative estimate of drug-likeness (QED) is 0.708. The number of carbonyl (C=O) groups is 1. The van der Waals surface area contributed by atoms with E-state index in [0.717, 1.165) is 36.8 Å². The highest BCUT2D eigenvalue weighted by Crippen LogP contribution is 2.37. The van der Waals surface area contributed by atoms with E-state index in [1.165, 1.54) is 16.9 Å². The van der Waals surface area contributed by atoms with E-state index >= 15 is 0 Å². The molecule has 0 spiro atoms. The molecular weight excluding hydrogens is 348 g/mol. The van der Waals surface area contributed by atoms with Crippen LogP contribution in [0.3, 0.4) is 0 Å². The molecule has 0 unspecified atom stereocenters. The van der Waals surface area contributed by atoms with Gasteiger partial charge in [0.05, 0.1) is 23.6 Å². The van der Waals surface area contributed by atoms with Gasteiger partial charge in [0, 0.05) is 35.6 Å². The molecule has 0 saturated carbocycles. The molecule has 6 nitrogen and oxygen atoms in total. The van der Waals surface area contributed by atoms with E-state index in [1.54, 1.807) is 34.7 Å². The van der Waals surface area contributed by atoms with Crippen molar-refractivity contribution in [1.29, 1.82) is 0 Å². The maximum absolute atomic E-state index is 12.6. The van der Waals surface area contributed by atoms with E-state index < -0.39 is 0 Å². The zero-order valence-electron chi connectivity index (χ0n) is 14.7. The van der Waals surface area contributed by atoms with Crippen LogP contribution in [0.15, 0.2) is 47.4 Å². The minimum atomic E-state index is -0.0733. The summed E-state index contributed by atoms with van der Waals surface area (Å²) in [5.74, 6) is 0.658. The van der Waals surface area contributed by atoms with Crippen LogP contribution in [0.25, 0.3) is 0 Å². The van der Waals surface area contributed by atoms with Gasteiger partial charge in [-0.2, -0.15) is 5.10 Å². The fourth-order valence-corrected chi connectivity index (χ4v) is 4.55. The van der Waals surface area contributed by atoms with E-state index in [2.05, 4.69) is 21.4 Å². The van der Waals surface area contributed by atoms with Crippen LogP contribution in [0.4, 0.5) is 5.82 Å². The molecule has 26 heavy (non-hydrogen) atoms. The molecular formula is C19H22N4O2S. The summed E-state index contributed by atoms with van der Waals surface area (Å²) in [6.07, 6.45) is 7.53. The summed E-state index contributed by atoms with van der Waals surface area (Å²) in [4.78, 5) is 17.0. The second-order valence-electron chi connectivity index (χ2n) is 6.45. The van der Waals surface area contributed by atoms with Crippen LogP contribution < -0.4 is 5.32 Å². The summed E-state index contributed by atoms with van der Waals surface area (Å²) in [6, 6.07) is 8.22. The number of hydrogen-bond acceptors (Lipinski definition) is 5. The van der Waals surface area contributed by atoms with Gasteiger partial charge < -0.3 is 9.73 Å². The van der Waals surface area contributed by atoms with Crippen molar-refractivity contribution in [3.63, 3.8) is 0 Å². The molecule has 1 fully saturated rings. The zero-order valence-corrected chi connectivity index (χ0v) is 15.5. The first kappa shape index (κ1) is 17.1. The van der Waals surface area contributed by atoms with Gasteiger partial charge in [-0.05, 0) is 44.5 Å². The van der Waals surface area contributed by atoms with Gasteiger partial charge in [-0.3, -0.25) is 9.69 Å². The van der Waals surface area contributed by atoms with Gasteiger partial charge in [0.25, 0.3) is 5.91 Å². The molecule has 136 valence electrons. The number of nitrogens with one attached hydrogen (secondary N) is 1. The SMILES string of the molecule is CCn1nccc1NC(=O)c1ccc([C@H]2CCCN2Cc2ccoc2)s1. The Bertz CT molecular complexity index is 868. The standard InChI is InChI=1S/C19H22N4O2S/c1-2-23-18(7-9-20-23)21-19(24)17-6-5-16(26-17)15-4-3-10-22(15)12-14-8-11-25-13-14/h5-9,11,13,15H,2-4,10,12H2,1H3,(H,21,24)/t15-/m1/s1. The van der Waals surface area contributed by atoms with Gasteiger partial charge in [0.2, 0.25) is 0 Å². The first-order chi connectivity index (χ1) is 12.7. The van der Waals surface area contributed by atoms with Gasteiger partial charge in [-0.1, -0.05) is 0 Å². The molecule has 1 aliphatic rings.